The van der Waals surface area contributed by atoms with E-state index in [4.69, 9.17) is 0 Å². The molecule has 1 fully saturated rings. The monoisotopic (exact) mass is 325 g/mol. The number of nitro groups is 1. The van der Waals surface area contributed by atoms with Crippen molar-refractivity contribution in [3.05, 3.63) is 58.4 Å². The number of non-ortho nitro benzene ring substituents is 1. The fourth-order valence-corrected chi connectivity index (χ4v) is 2.80. The largest absolute Gasteiger partial charge is 0.345 e. The third-order valence-corrected chi connectivity index (χ3v) is 4.16. The summed E-state index contributed by atoms with van der Waals surface area (Å²) in [6.07, 6.45) is 3.46. The normalized spacial score (nSPS) is 17.1. The average Bonchev–Trinajstić information content (AvgIpc) is 2.93. The topological polar surface area (TPSA) is 93.4 Å². The lowest BCUT2D eigenvalue weighted by Gasteiger charge is -2.10. The van der Waals surface area contributed by atoms with E-state index in [0.29, 0.717) is 29.7 Å². The molecule has 0 radical (unpaired) electrons. The molecule has 122 valence electrons. The van der Waals surface area contributed by atoms with E-state index in [9.17, 15) is 19.7 Å². The van der Waals surface area contributed by atoms with Crippen LogP contribution in [0.5, 0.6) is 0 Å². The molecule has 1 aliphatic heterocycles. The quantitative estimate of drug-likeness (QED) is 0.372. The highest BCUT2D eigenvalue weighted by molar-refractivity contribution is 6.11. The smallest absolute Gasteiger partial charge is 0.270 e. The number of carbonyl (C=O) groups excluding carboxylic acids is 2. The molecule has 0 saturated carbocycles. The number of Topliss-reactive ketones (excluding diaryl/α,β-unsaturated/α-hetero) is 1. The van der Waals surface area contributed by atoms with E-state index >= 15 is 0 Å². The number of likely N-dealkylation sites (tertiary alicyclic amines) is 1. The van der Waals surface area contributed by atoms with Crippen molar-refractivity contribution in [2.75, 3.05) is 13.6 Å². The summed E-state index contributed by atoms with van der Waals surface area (Å²) in [5.74, 6) is -1.11. The number of rotatable bonds is 4. The molecule has 1 amide bonds. The zero-order valence-corrected chi connectivity index (χ0v) is 13.0. The first-order valence-electron chi connectivity index (χ1n) is 7.46. The maximum Gasteiger partial charge on any atom is 0.270 e. The van der Waals surface area contributed by atoms with Gasteiger partial charge in [0, 0.05) is 49.2 Å². The van der Waals surface area contributed by atoms with Crippen LogP contribution in [0.15, 0.2) is 42.7 Å². The first kappa shape index (κ1) is 15.8. The van der Waals surface area contributed by atoms with Crippen LogP contribution in [0.1, 0.15) is 16.8 Å². The van der Waals surface area contributed by atoms with Gasteiger partial charge in [-0.05, 0) is 18.1 Å². The van der Waals surface area contributed by atoms with Gasteiger partial charge in [0.05, 0.1) is 4.92 Å². The van der Waals surface area contributed by atoms with Crippen LogP contribution in [-0.2, 0) is 4.79 Å². The highest BCUT2D eigenvalue weighted by atomic mass is 16.6. The molecule has 2 aromatic rings. The van der Waals surface area contributed by atoms with E-state index in [1.807, 2.05) is 0 Å². The Bertz CT molecular complexity index is 834. The summed E-state index contributed by atoms with van der Waals surface area (Å²) in [5.41, 5.74) is 1.51. The second-order valence-corrected chi connectivity index (χ2v) is 5.74. The summed E-state index contributed by atoms with van der Waals surface area (Å²) in [7, 11) is 1.67. The number of benzene rings is 1. The highest BCUT2D eigenvalue weighted by Gasteiger charge is 2.35. The van der Waals surface area contributed by atoms with E-state index < -0.39 is 10.8 Å². The standard InChI is InChI=1S/C17H15N3O4/c1-19-6-5-15(17(19)22)16(21)13-7-12(9-18-10-13)11-3-2-4-14(8-11)20(23)24/h2-4,7-10,15H,5-6H2,1H3. The minimum atomic E-state index is -0.669. The first-order valence-corrected chi connectivity index (χ1v) is 7.46. The number of hydrogen-bond donors (Lipinski definition) is 0. The van der Waals surface area contributed by atoms with Gasteiger partial charge in [0.2, 0.25) is 5.91 Å². The fourth-order valence-electron chi connectivity index (χ4n) is 2.80. The van der Waals surface area contributed by atoms with Crippen LogP contribution in [0.3, 0.4) is 0 Å². The van der Waals surface area contributed by atoms with Crippen molar-refractivity contribution in [1.82, 2.24) is 9.88 Å². The van der Waals surface area contributed by atoms with Crippen LogP contribution in [0.2, 0.25) is 0 Å². The molecule has 0 bridgehead atoms. The fraction of sp³-hybridized carbons (Fsp3) is 0.235. The van der Waals surface area contributed by atoms with Gasteiger partial charge in [-0.25, -0.2) is 0 Å². The van der Waals surface area contributed by atoms with Gasteiger partial charge in [0.15, 0.2) is 5.78 Å². The highest BCUT2D eigenvalue weighted by Crippen LogP contribution is 2.26. The van der Waals surface area contributed by atoms with Crippen molar-refractivity contribution in [3.8, 4) is 11.1 Å². The molecule has 0 spiro atoms. The molecule has 1 aromatic heterocycles. The summed E-state index contributed by atoms with van der Waals surface area (Å²) in [6.45, 7) is 0.563. The molecular weight excluding hydrogens is 310 g/mol. The van der Waals surface area contributed by atoms with Crippen LogP contribution in [-0.4, -0.2) is 40.1 Å². The maximum absolute atomic E-state index is 12.6. The molecule has 3 rings (SSSR count). The molecule has 7 heteroatoms. The van der Waals surface area contributed by atoms with Crippen LogP contribution in [0, 0.1) is 16.0 Å². The molecule has 1 aliphatic rings. The van der Waals surface area contributed by atoms with Crippen molar-refractivity contribution in [3.63, 3.8) is 0 Å². The average molecular weight is 325 g/mol. The number of pyridine rings is 1. The van der Waals surface area contributed by atoms with Crippen molar-refractivity contribution in [2.24, 2.45) is 5.92 Å². The number of hydrogen-bond acceptors (Lipinski definition) is 5. The minimum Gasteiger partial charge on any atom is -0.345 e. The Balaban J connectivity index is 1.92. The molecule has 7 nitrogen and oxygen atoms in total. The molecule has 1 saturated heterocycles. The summed E-state index contributed by atoms with van der Waals surface area (Å²) in [6, 6.07) is 7.75. The van der Waals surface area contributed by atoms with E-state index in [0.717, 1.165) is 0 Å². The molecule has 1 unspecified atom stereocenters. The molecular formula is C17H15N3O4. The van der Waals surface area contributed by atoms with E-state index in [1.165, 1.54) is 18.3 Å². The molecule has 2 heterocycles. The van der Waals surface area contributed by atoms with Gasteiger partial charge in [0.1, 0.15) is 5.92 Å². The Morgan fingerprint density at radius 1 is 1.29 bits per heavy atom. The zero-order chi connectivity index (χ0) is 17.3. The van der Waals surface area contributed by atoms with Gasteiger partial charge in [-0.2, -0.15) is 0 Å². The predicted molar refractivity (Wildman–Crippen MR) is 86.4 cm³/mol. The van der Waals surface area contributed by atoms with Gasteiger partial charge in [-0.3, -0.25) is 24.7 Å². The number of nitrogens with zero attached hydrogens (tertiary/aromatic N) is 3. The van der Waals surface area contributed by atoms with Crippen LogP contribution in [0.25, 0.3) is 11.1 Å². The summed E-state index contributed by atoms with van der Waals surface area (Å²) >= 11 is 0. The van der Waals surface area contributed by atoms with Crippen LogP contribution < -0.4 is 0 Å². The third kappa shape index (κ3) is 2.88. The lowest BCUT2D eigenvalue weighted by atomic mass is 9.95. The number of carbonyl (C=O) groups is 2. The Kier molecular flexibility index (Phi) is 4.07. The van der Waals surface area contributed by atoms with Crippen LogP contribution in [0.4, 0.5) is 5.69 Å². The lowest BCUT2D eigenvalue weighted by Crippen LogP contribution is -2.27. The van der Waals surface area contributed by atoms with Gasteiger partial charge < -0.3 is 4.90 Å². The minimum absolute atomic E-state index is 0.0307. The lowest BCUT2D eigenvalue weighted by molar-refractivity contribution is -0.384. The summed E-state index contributed by atoms with van der Waals surface area (Å²) in [4.78, 5) is 40.6. The van der Waals surface area contributed by atoms with E-state index in [2.05, 4.69) is 4.98 Å². The van der Waals surface area contributed by atoms with Gasteiger partial charge in [-0.15, -0.1) is 0 Å². The Hall–Kier alpha value is -3.09. The number of ketones is 1. The SMILES string of the molecule is CN1CCC(C(=O)c2cncc(-c3cccc([N+](=O)[O-])c3)c2)C1=O. The van der Waals surface area contributed by atoms with Gasteiger partial charge in [-0.1, -0.05) is 12.1 Å². The van der Waals surface area contributed by atoms with Crippen molar-refractivity contribution >= 4 is 17.4 Å². The second kappa shape index (κ2) is 6.19. The molecule has 24 heavy (non-hydrogen) atoms. The van der Waals surface area contributed by atoms with Crippen molar-refractivity contribution in [1.29, 1.82) is 0 Å². The van der Waals surface area contributed by atoms with Crippen molar-refractivity contribution in [2.45, 2.75) is 6.42 Å². The van der Waals surface area contributed by atoms with Crippen LogP contribution >= 0.6 is 0 Å². The molecule has 1 aromatic carbocycles. The van der Waals surface area contributed by atoms with Gasteiger partial charge in [0.25, 0.3) is 5.69 Å². The predicted octanol–water partition coefficient (Wildman–Crippen LogP) is 2.32. The molecule has 0 aliphatic carbocycles. The number of aromatic nitrogens is 1. The van der Waals surface area contributed by atoms with E-state index in [1.54, 1.807) is 36.3 Å². The summed E-state index contributed by atoms with van der Waals surface area (Å²) in [5, 5.41) is 10.9. The third-order valence-electron chi connectivity index (χ3n) is 4.16. The van der Waals surface area contributed by atoms with Gasteiger partial charge >= 0.3 is 0 Å². The molecule has 0 N–H and O–H groups in total. The Morgan fingerprint density at radius 3 is 2.75 bits per heavy atom. The first-order chi connectivity index (χ1) is 11.5. The number of nitro benzene ring substituents is 1. The Morgan fingerprint density at radius 2 is 2.08 bits per heavy atom. The molecule has 1 atom stereocenters. The van der Waals surface area contributed by atoms with E-state index in [-0.39, 0.29) is 17.4 Å². The maximum atomic E-state index is 12.6. The number of amides is 1. The summed E-state index contributed by atoms with van der Waals surface area (Å²) < 4.78 is 0. The van der Waals surface area contributed by atoms with Crippen molar-refractivity contribution < 1.29 is 14.5 Å². The second-order valence-electron chi connectivity index (χ2n) is 5.74. The zero-order valence-electron chi connectivity index (χ0n) is 13.0. The Labute approximate surface area is 138 Å².